The number of rotatable bonds is 5. The molecule has 1 unspecified atom stereocenters. The van der Waals surface area contributed by atoms with Crippen molar-refractivity contribution in [2.75, 3.05) is 18.0 Å². The summed E-state index contributed by atoms with van der Waals surface area (Å²) in [5.74, 6) is 2.01. The number of nitrogens with zero attached hydrogens (tertiary/aromatic N) is 3. The van der Waals surface area contributed by atoms with Crippen molar-refractivity contribution in [3.63, 3.8) is 0 Å². The lowest BCUT2D eigenvalue weighted by molar-refractivity contribution is 0.548. The van der Waals surface area contributed by atoms with Crippen LogP contribution in [0.2, 0.25) is 0 Å². The number of anilines is 1. The predicted octanol–water partition coefficient (Wildman–Crippen LogP) is 3.24. The van der Waals surface area contributed by atoms with E-state index in [1.54, 1.807) is 0 Å². The maximum Gasteiger partial charge on any atom is 0.131 e. The molecule has 1 aliphatic heterocycles. The Morgan fingerprint density at radius 2 is 2.05 bits per heavy atom. The molecule has 1 aromatic heterocycles. The Kier molecular flexibility index (Phi) is 5.68. The number of hydrogen-bond acceptors (Lipinski definition) is 3. The number of nitrogens with one attached hydrogen (secondary N) is 1. The second-order valence-electron chi connectivity index (χ2n) is 6.93. The molecule has 1 N–H and O–H groups in total. The van der Waals surface area contributed by atoms with Gasteiger partial charge in [-0.2, -0.15) is 5.10 Å². The molecule has 0 spiro atoms. The van der Waals surface area contributed by atoms with Crippen molar-refractivity contribution < 1.29 is 0 Å². The molecule has 0 amide bonds. The van der Waals surface area contributed by atoms with Crippen LogP contribution < -0.4 is 10.2 Å². The van der Waals surface area contributed by atoms with E-state index in [4.69, 9.17) is 0 Å². The summed E-state index contributed by atoms with van der Waals surface area (Å²) in [4.78, 5) is 2.58. The molecule has 0 aromatic carbocycles. The highest BCUT2D eigenvalue weighted by Gasteiger charge is 2.24. The molecule has 0 radical (unpaired) electrons. The lowest BCUT2D eigenvalue weighted by atomic mass is 10.1. The van der Waals surface area contributed by atoms with Crippen molar-refractivity contribution in [1.29, 1.82) is 0 Å². The van der Waals surface area contributed by atoms with Crippen molar-refractivity contribution in [1.82, 2.24) is 15.1 Å². The quantitative estimate of drug-likeness (QED) is 0.904. The zero-order chi connectivity index (χ0) is 15.4. The lowest BCUT2D eigenvalue weighted by Crippen LogP contribution is -2.35. The summed E-state index contributed by atoms with van der Waals surface area (Å²) >= 11 is 0. The summed E-state index contributed by atoms with van der Waals surface area (Å²) in [7, 11) is 2.09. The SMILES string of the molecule is Cc1nn(C)c(N2CCCCCC2C)c1CNCC(C)C. The minimum atomic E-state index is 0.617. The summed E-state index contributed by atoms with van der Waals surface area (Å²) < 4.78 is 2.09. The van der Waals surface area contributed by atoms with Crippen molar-refractivity contribution in [2.24, 2.45) is 13.0 Å². The molecule has 2 rings (SSSR count). The van der Waals surface area contributed by atoms with Crippen LogP contribution in [0.25, 0.3) is 0 Å². The van der Waals surface area contributed by atoms with Crippen LogP contribution in [0, 0.1) is 12.8 Å². The largest absolute Gasteiger partial charge is 0.354 e. The Morgan fingerprint density at radius 1 is 1.29 bits per heavy atom. The monoisotopic (exact) mass is 292 g/mol. The van der Waals surface area contributed by atoms with E-state index in [1.165, 1.54) is 42.8 Å². The topological polar surface area (TPSA) is 33.1 Å². The van der Waals surface area contributed by atoms with Gasteiger partial charge in [-0.3, -0.25) is 4.68 Å². The van der Waals surface area contributed by atoms with Gasteiger partial charge in [0, 0.05) is 31.7 Å². The summed E-state index contributed by atoms with van der Waals surface area (Å²) in [6, 6.07) is 0.617. The molecule has 1 aliphatic rings. The van der Waals surface area contributed by atoms with Gasteiger partial charge in [-0.25, -0.2) is 0 Å². The van der Waals surface area contributed by atoms with Gasteiger partial charge in [0.25, 0.3) is 0 Å². The number of hydrogen-bond donors (Lipinski definition) is 1. The zero-order valence-corrected chi connectivity index (χ0v) is 14.4. The summed E-state index contributed by atoms with van der Waals surface area (Å²) in [6.07, 6.45) is 5.31. The molecule has 21 heavy (non-hydrogen) atoms. The average molecular weight is 292 g/mol. The minimum absolute atomic E-state index is 0.617. The summed E-state index contributed by atoms with van der Waals surface area (Å²) in [6.45, 7) is 12.1. The van der Waals surface area contributed by atoms with E-state index in [-0.39, 0.29) is 0 Å². The van der Waals surface area contributed by atoms with Crippen LogP contribution >= 0.6 is 0 Å². The second kappa shape index (κ2) is 7.30. The Labute approximate surface area is 129 Å². The van der Waals surface area contributed by atoms with Gasteiger partial charge in [-0.1, -0.05) is 26.7 Å². The van der Waals surface area contributed by atoms with E-state index in [0.717, 1.165) is 19.6 Å². The fraction of sp³-hybridized carbons (Fsp3) is 0.824. The van der Waals surface area contributed by atoms with Crippen LogP contribution in [0.5, 0.6) is 0 Å². The Hall–Kier alpha value is -1.03. The summed E-state index contributed by atoms with van der Waals surface area (Å²) in [5.41, 5.74) is 2.55. The molecule has 4 nitrogen and oxygen atoms in total. The third-order valence-electron chi connectivity index (χ3n) is 4.49. The molecule has 1 fully saturated rings. The van der Waals surface area contributed by atoms with Crippen LogP contribution in [0.3, 0.4) is 0 Å². The highest BCUT2D eigenvalue weighted by atomic mass is 15.4. The van der Waals surface area contributed by atoms with Gasteiger partial charge in [-0.15, -0.1) is 0 Å². The van der Waals surface area contributed by atoms with Crippen molar-refractivity contribution in [2.45, 2.75) is 66.0 Å². The average Bonchev–Trinajstić information content (AvgIpc) is 2.58. The zero-order valence-electron chi connectivity index (χ0n) is 14.4. The molecule has 0 aliphatic carbocycles. The van der Waals surface area contributed by atoms with Gasteiger partial charge in [0.15, 0.2) is 0 Å². The molecule has 1 atom stereocenters. The molecule has 120 valence electrons. The maximum atomic E-state index is 4.68. The maximum absolute atomic E-state index is 4.68. The van der Waals surface area contributed by atoms with Gasteiger partial charge < -0.3 is 10.2 Å². The van der Waals surface area contributed by atoms with E-state index in [1.807, 2.05) is 0 Å². The van der Waals surface area contributed by atoms with E-state index < -0.39 is 0 Å². The highest BCUT2D eigenvalue weighted by Crippen LogP contribution is 2.28. The molecule has 2 heterocycles. The normalized spacial score (nSPS) is 20.1. The van der Waals surface area contributed by atoms with Gasteiger partial charge in [-0.05, 0) is 39.2 Å². The van der Waals surface area contributed by atoms with Crippen LogP contribution in [0.15, 0.2) is 0 Å². The van der Waals surface area contributed by atoms with Gasteiger partial charge >= 0.3 is 0 Å². The first-order valence-corrected chi connectivity index (χ1v) is 8.50. The van der Waals surface area contributed by atoms with E-state index >= 15 is 0 Å². The van der Waals surface area contributed by atoms with Crippen LogP contribution in [0.4, 0.5) is 5.82 Å². The van der Waals surface area contributed by atoms with Crippen molar-refractivity contribution in [3.05, 3.63) is 11.3 Å². The Morgan fingerprint density at radius 3 is 2.76 bits per heavy atom. The third-order valence-corrected chi connectivity index (χ3v) is 4.49. The molecule has 0 bridgehead atoms. The lowest BCUT2D eigenvalue weighted by Gasteiger charge is -2.30. The van der Waals surface area contributed by atoms with Crippen molar-refractivity contribution >= 4 is 5.82 Å². The second-order valence-corrected chi connectivity index (χ2v) is 6.93. The first-order chi connectivity index (χ1) is 10.0. The molecule has 4 heteroatoms. The highest BCUT2D eigenvalue weighted by molar-refractivity contribution is 5.51. The molecular formula is C17H32N4. The van der Waals surface area contributed by atoms with Gasteiger partial charge in [0.1, 0.15) is 5.82 Å². The fourth-order valence-electron chi connectivity index (χ4n) is 3.33. The van der Waals surface area contributed by atoms with E-state index in [0.29, 0.717) is 12.0 Å². The van der Waals surface area contributed by atoms with Gasteiger partial charge in [0.2, 0.25) is 0 Å². The third kappa shape index (κ3) is 4.00. The smallest absolute Gasteiger partial charge is 0.131 e. The molecular weight excluding hydrogens is 260 g/mol. The standard InChI is InChI=1S/C17H32N4/c1-13(2)11-18-12-16-15(4)19-20(5)17(16)21-10-8-6-7-9-14(21)3/h13-14,18H,6-12H2,1-5H3. The van der Waals surface area contributed by atoms with Crippen LogP contribution in [0.1, 0.15) is 57.7 Å². The minimum Gasteiger partial charge on any atom is -0.354 e. The Bertz CT molecular complexity index is 450. The first kappa shape index (κ1) is 16.3. The number of aromatic nitrogens is 2. The molecule has 0 saturated carbocycles. The molecule has 1 saturated heterocycles. The number of aryl methyl sites for hydroxylation is 2. The Balaban J connectivity index is 2.20. The first-order valence-electron chi connectivity index (χ1n) is 8.50. The summed E-state index contributed by atoms with van der Waals surface area (Å²) in [5, 5.41) is 8.27. The predicted molar refractivity (Wildman–Crippen MR) is 89.8 cm³/mol. The van der Waals surface area contributed by atoms with Crippen LogP contribution in [-0.4, -0.2) is 28.9 Å². The van der Waals surface area contributed by atoms with Crippen molar-refractivity contribution in [3.8, 4) is 0 Å². The molecule has 1 aromatic rings. The van der Waals surface area contributed by atoms with Gasteiger partial charge in [0.05, 0.1) is 5.69 Å². The van der Waals surface area contributed by atoms with E-state index in [2.05, 4.69) is 54.7 Å². The van der Waals surface area contributed by atoms with Crippen LogP contribution in [-0.2, 0) is 13.6 Å². The van der Waals surface area contributed by atoms with E-state index in [9.17, 15) is 0 Å². The fourth-order valence-corrected chi connectivity index (χ4v) is 3.33.